The van der Waals surface area contributed by atoms with E-state index in [-0.39, 0.29) is 28.4 Å². The van der Waals surface area contributed by atoms with Crippen LogP contribution in [0.15, 0.2) is 23.3 Å². The van der Waals surface area contributed by atoms with Crippen molar-refractivity contribution in [2.75, 3.05) is 0 Å². The summed E-state index contributed by atoms with van der Waals surface area (Å²) in [6.07, 6.45) is 7.70. The van der Waals surface area contributed by atoms with Gasteiger partial charge in [-0.3, -0.25) is 9.59 Å². The van der Waals surface area contributed by atoms with Gasteiger partial charge in [0.1, 0.15) is 6.29 Å². The van der Waals surface area contributed by atoms with E-state index < -0.39 is 5.97 Å². The number of rotatable bonds is 5. The zero-order valence-corrected chi connectivity index (χ0v) is 15.1. The summed E-state index contributed by atoms with van der Waals surface area (Å²) in [4.78, 5) is 34.6. The summed E-state index contributed by atoms with van der Waals surface area (Å²) in [5, 5.41) is 8.85. The van der Waals surface area contributed by atoms with Crippen molar-refractivity contribution < 1.29 is 19.5 Å². The molecule has 3 atom stereocenters. The molecule has 4 heteroatoms. The predicted octanol–water partition coefficient (Wildman–Crippen LogP) is 3.95. The number of carboxylic acid groups (broad SMARTS) is 1. The number of aldehydes is 1. The second-order valence-electron chi connectivity index (χ2n) is 8.34. The van der Waals surface area contributed by atoms with Crippen LogP contribution in [0.2, 0.25) is 0 Å². The lowest BCUT2D eigenvalue weighted by Gasteiger charge is -2.55. The Morgan fingerprint density at radius 1 is 1.33 bits per heavy atom. The molecule has 0 unspecified atom stereocenters. The van der Waals surface area contributed by atoms with Gasteiger partial charge in [0, 0.05) is 12.0 Å². The van der Waals surface area contributed by atoms with E-state index in [0.717, 1.165) is 30.9 Å². The molecular formula is C20H28O4. The molecule has 0 bridgehead atoms. The maximum absolute atomic E-state index is 12.7. The van der Waals surface area contributed by atoms with Crippen molar-refractivity contribution in [2.24, 2.45) is 22.7 Å². The molecule has 2 aliphatic carbocycles. The summed E-state index contributed by atoms with van der Waals surface area (Å²) in [6, 6.07) is 0. The molecule has 0 saturated heterocycles. The van der Waals surface area contributed by atoms with E-state index in [9.17, 15) is 14.4 Å². The number of allylic oxidation sites excluding steroid dienone is 3. The van der Waals surface area contributed by atoms with E-state index in [1.807, 2.05) is 6.92 Å². The van der Waals surface area contributed by atoms with Crippen LogP contribution in [-0.4, -0.2) is 23.1 Å². The topological polar surface area (TPSA) is 71.4 Å². The number of carboxylic acids is 1. The minimum Gasteiger partial charge on any atom is -0.478 e. The second-order valence-corrected chi connectivity index (χ2v) is 8.34. The lowest BCUT2D eigenvalue weighted by molar-refractivity contribution is -0.136. The third kappa shape index (κ3) is 3.38. The summed E-state index contributed by atoms with van der Waals surface area (Å²) in [5.74, 6) is -0.661. The third-order valence-electron chi connectivity index (χ3n) is 6.16. The van der Waals surface area contributed by atoms with Gasteiger partial charge in [0.05, 0.1) is 0 Å². The van der Waals surface area contributed by atoms with Crippen LogP contribution in [0.3, 0.4) is 0 Å². The molecule has 1 N–H and O–H groups in total. The number of ketones is 1. The smallest absolute Gasteiger partial charge is 0.328 e. The molecule has 0 aromatic heterocycles. The Morgan fingerprint density at radius 2 is 2.00 bits per heavy atom. The highest BCUT2D eigenvalue weighted by atomic mass is 16.4. The summed E-state index contributed by atoms with van der Waals surface area (Å²) < 4.78 is 0. The van der Waals surface area contributed by atoms with Gasteiger partial charge in [-0.05, 0) is 61.0 Å². The Hall–Kier alpha value is -1.71. The van der Waals surface area contributed by atoms with Crippen LogP contribution in [0.5, 0.6) is 0 Å². The molecule has 0 aromatic carbocycles. The fraction of sp³-hybridized carbons (Fsp3) is 0.650. The van der Waals surface area contributed by atoms with E-state index >= 15 is 0 Å². The van der Waals surface area contributed by atoms with E-state index in [1.165, 1.54) is 0 Å². The fourth-order valence-electron chi connectivity index (χ4n) is 5.31. The highest BCUT2D eigenvalue weighted by molar-refractivity contribution is 5.95. The van der Waals surface area contributed by atoms with Crippen molar-refractivity contribution in [3.63, 3.8) is 0 Å². The number of carbonyl (C=O) groups excluding carboxylic acids is 2. The van der Waals surface area contributed by atoms with Crippen LogP contribution in [0, 0.1) is 22.7 Å². The third-order valence-corrected chi connectivity index (χ3v) is 6.16. The molecule has 0 amide bonds. The standard InChI is InChI=1S/C20H28O4/c1-13-10-16(22)18-19(2,3)8-5-9-20(18,4)15(13)7-6-14(12-21)11-17(23)24/h10-12,15,18H,5-9H2,1-4H3,(H,23,24)/b14-11-/t15-,18-,20+/m1/s1. The van der Waals surface area contributed by atoms with Crippen LogP contribution < -0.4 is 0 Å². The highest BCUT2D eigenvalue weighted by Crippen LogP contribution is 2.59. The summed E-state index contributed by atoms with van der Waals surface area (Å²) in [7, 11) is 0. The normalized spacial score (nSPS) is 32.8. The number of hydrogen-bond acceptors (Lipinski definition) is 3. The Kier molecular flexibility index (Phi) is 5.17. The van der Waals surface area contributed by atoms with Gasteiger partial charge in [0.25, 0.3) is 0 Å². The molecule has 2 aliphatic rings. The lowest BCUT2D eigenvalue weighted by atomic mass is 9.48. The van der Waals surface area contributed by atoms with Crippen LogP contribution in [-0.2, 0) is 14.4 Å². The zero-order chi connectivity index (χ0) is 18.1. The van der Waals surface area contributed by atoms with Crippen molar-refractivity contribution in [1.82, 2.24) is 0 Å². The molecule has 0 heterocycles. The highest BCUT2D eigenvalue weighted by Gasteiger charge is 2.55. The largest absolute Gasteiger partial charge is 0.478 e. The molecule has 0 radical (unpaired) electrons. The quantitative estimate of drug-likeness (QED) is 0.611. The van der Waals surface area contributed by atoms with Gasteiger partial charge in [0.2, 0.25) is 0 Å². The molecule has 24 heavy (non-hydrogen) atoms. The van der Waals surface area contributed by atoms with Crippen molar-refractivity contribution in [1.29, 1.82) is 0 Å². The Labute approximate surface area is 144 Å². The molecular weight excluding hydrogens is 304 g/mol. The first-order valence-electron chi connectivity index (χ1n) is 8.72. The van der Waals surface area contributed by atoms with E-state index in [4.69, 9.17) is 5.11 Å². The SMILES string of the molecule is CC1=CC(=O)[C@@H]2C(C)(C)CCC[C@@]2(C)[C@@H]1CC/C(C=O)=C/C(=O)O. The van der Waals surface area contributed by atoms with Crippen molar-refractivity contribution in [3.05, 3.63) is 23.3 Å². The molecule has 4 nitrogen and oxygen atoms in total. The maximum Gasteiger partial charge on any atom is 0.328 e. The van der Waals surface area contributed by atoms with Crippen LogP contribution in [0.25, 0.3) is 0 Å². The number of hydrogen-bond donors (Lipinski definition) is 1. The zero-order valence-electron chi connectivity index (χ0n) is 15.1. The van der Waals surface area contributed by atoms with E-state index in [0.29, 0.717) is 24.7 Å². The average Bonchev–Trinajstić information content (AvgIpc) is 2.43. The number of aliphatic carboxylic acids is 1. The first-order chi connectivity index (χ1) is 11.1. The fourth-order valence-corrected chi connectivity index (χ4v) is 5.31. The van der Waals surface area contributed by atoms with Gasteiger partial charge in [-0.15, -0.1) is 0 Å². The average molecular weight is 332 g/mol. The molecule has 132 valence electrons. The molecule has 0 spiro atoms. The monoisotopic (exact) mass is 332 g/mol. The van der Waals surface area contributed by atoms with Gasteiger partial charge in [0.15, 0.2) is 5.78 Å². The van der Waals surface area contributed by atoms with E-state index in [1.54, 1.807) is 6.08 Å². The van der Waals surface area contributed by atoms with Gasteiger partial charge < -0.3 is 5.11 Å². The first kappa shape index (κ1) is 18.6. The molecule has 2 rings (SSSR count). The molecule has 0 aliphatic heterocycles. The Morgan fingerprint density at radius 3 is 2.58 bits per heavy atom. The lowest BCUT2D eigenvalue weighted by Crippen LogP contribution is -2.52. The molecule has 1 saturated carbocycles. The Bertz CT molecular complexity index is 611. The van der Waals surface area contributed by atoms with Crippen molar-refractivity contribution in [3.8, 4) is 0 Å². The maximum atomic E-state index is 12.7. The predicted molar refractivity (Wildman–Crippen MR) is 92.5 cm³/mol. The van der Waals surface area contributed by atoms with Gasteiger partial charge in [-0.2, -0.15) is 0 Å². The minimum atomic E-state index is -1.09. The second kappa shape index (κ2) is 6.66. The van der Waals surface area contributed by atoms with Crippen molar-refractivity contribution >= 4 is 18.0 Å². The van der Waals surface area contributed by atoms with Crippen molar-refractivity contribution in [2.45, 2.75) is 59.8 Å². The number of carbonyl (C=O) groups is 3. The first-order valence-corrected chi connectivity index (χ1v) is 8.72. The van der Waals surface area contributed by atoms with Gasteiger partial charge in [-0.25, -0.2) is 4.79 Å². The van der Waals surface area contributed by atoms with Crippen LogP contribution in [0.1, 0.15) is 59.8 Å². The van der Waals surface area contributed by atoms with Gasteiger partial charge >= 0.3 is 5.97 Å². The summed E-state index contributed by atoms with van der Waals surface area (Å²) in [6.45, 7) is 8.56. The molecule has 1 fully saturated rings. The Balaban J connectivity index is 2.31. The summed E-state index contributed by atoms with van der Waals surface area (Å²) >= 11 is 0. The van der Waals surface area contributed by atoms with E-state index in [2.05, 4.69) is 20.8 Å². The minimum absolute atomic E-state index is 0.00409. The van der Waals surface area contributed by atoms with Crippen LogP contribution in [0.4, 0.5) is 0 Å². The molecule has 0 aromatic rings. The number of fused-ring (bicyclic) bond motifs is 1. The summed E-state index contributed by atoms with van der Waals surface area (Å²) in [5.41, 5.74) is 1.23. The van der Waals surface area contributed by atoms with Gasteiger partial charge in [-0.1, -0.05) is 32.8 Å². The van der Waals surface area contributed by atoms with Crippen LogP contribution >= 0.6 is 0 Å².